The first kappa shape index (κ1) is 13.2. The zero-order valence-electron chi connectivity index (χ0n) is 9.58. The summed E-state index contributed by atoms with van der Waals surface area (Å²) in [5, 5.41) is -0.712. The first-order valence-corrected chi connectivity index (χ1v) is 5.91. The van der Waals surface area contributed by atoms with E-state index < -0.39 is 16.9 Å². The van der Waals surface area contributed by atoms with Crippen molar-refractivity contribution in [2.75, 3.05) is 0 Å². The summed E-state index contributed by atoms with van der Waals surface area (Å²) in [6, 6.07) is 0. The van der Waals surface area contributed by atoms with Gasteiger partial charge in [0, 0.05) is 4.75 Å². The Bertz CT molecular complexity index is 327. The monoisotopic (exact) mass is 246 g/mol. The maximum Gasteiger partial charge on any atom is 0.313 e. The van der Waals surface area contributed by atoms with Gasteiger partial charge in [-0.1, -0.05) is 32.5 Å². The van der Waals surface area contributed by atoms with Gasteiger partial charge < -0.3 is 4.74 Å². The second-order valence-electron chi connectivity index (χ2n) is 4.68. The van der Waals surface area contributed by atoms with Crippen LogP contribution in [-0.2, 0) is 14.3 Å². The van der Waals surface area contributed by atoms with E-state index in [1.165, 1.54) is 0 Å². The molecule has 0 saturated heterocycles. The fraction of sp³-hybridized carbons (Fsp3) is 0.636. The molecule has 16 heavy (non-hydrogen) atoms. The Morgan fingerprint density at radius 1 is 1.38 bits per heavy atom. The highest BCUT2D eigenvalue weighted by molar-refractivity contribution is 8.15. The number of carbonyl (C=O) groups excluding carboxylic acids is 2. The molecule has 5 heteroatoms. The lowest BCUT2D eigenvalue weighted by Crippen LogP contribution is -2.12. The Balaban J connectivity index is 2.42. The first-order chi connectivity index (χ1) is 7.29. The van der Waals surface area contributed by atoms with E-state index in [-0.39, 0.29) is 10.7 Å². The van der Waals surface area contributed by atoms with Crippen molar-refractivity contribution >= 4 is 22.8 Å². The predicted octanol–water partition coefficient (Wildman–Crippen LogP) is 2.81. The van der Waals surface area contributed by atoms with Gasteiger partial charge in [0.2, 0.25) is 5.83 Å². The smallest absolute Gasteiger partial charge is 0.313 e. The Morgan fingerprint density at radius 2 is 1.94 bits per heavy atom. The van der Waals surface area contributed by atoms with Gasteiger partial charge in [-0.3, -0.25) is 9.59 Å². The van der Waals surface area contributed by atoms with Crippen molar-refractivity contribution in [3.05, 3.63) is 12.1 Å². The first-order valence-electron chi connectivity index (χ1n) is 5.09. The average molecular weight is 246 g/mol. The van der Waals surface area contributed by atoms with Crippen molar-refractivity contribution in [3.63, 3.8) is 0 Å². The van der Waals surface area contributed by atoms with E-state index in [0.717, 1.165) is 24.6 Å². The molecule has 0 amide bonds. The molecule has 3 nitrogen and oxygen atoms in total. The molecule has 0 bridgehead atoms. The number of carbonyl (C=O) groups is 2. The molecule has 0 aromatic carbocycles. The Morgan fingerprint density at radius 3 is 2.38 bits per heavy atom. The normalized spacial score (nSPS) is 17.1. The third kappa shape index (κ3) is 4.79. The second kappa shape index (κ2) is 4.99. The Kier molecular flexibility index (Phi) is 4.13. The molecule has 1 saturated carbocycles. The maximum absolute atomic E-state index is 13.2. The minimum absolute atomic E-state index is 0.102. The van der Waals surface area contributed by atoms with Crippen LogP contribution in [0, 0.1) is 5.92 Å². The summed E-state index contributed by atoms with van der Waals surface area (Å²) < 4.78 is 17.4. The van der Waals surface area contributed by atoms with Crippen molar-refractivity contribution in [2.24, 2.45) is 5.92 Å². The summed E-state index contributed by atoms with van der Waals surface area (Å²) in [4.78, 5) is 22.4. The van der Waals surface area contributed by atoms with Gasteiger partial charge in [0.15, 0.2) is 0 Å². The fourth-order valence-corrected chi connectivity index (χ4v) is 1.60. The van der Waals surface area contributed by atoms with Crippen molar-refractivity contribution < 1.29 is 18.7 Å². The van der Waals surface area contributed by atoms with Crippen LogP contribution in [0.5, 0.6) is 0 Å². The number of halogens is 1. The number of rotatable bonds is 3. The molecule has 0 N–H and O–H groups in total. The summed E-state index contributed by atoms with van der Waals surface area (Å²) in [5.74, 6) is -1.58. The van der Waals surface area contributed by atoms with Gasteiger partial charge in [0.25, 0.3) is 5.12 Å². The van der Waals surface area contributed by atoms with Crippen LogP contribution in [0.3, 0.4) is 0 Å². The van der Waals surface area contributed by atoms with Gasteiger partial charge in [-0.15, -0.1) is 0 Å². The van der Waals surface area contributed by atoms with E-state index in [4.69, 9.17) is 0 Å². The van der Waals surface area contributed by atoms with Gasteiger partial charge in [0.05, 0.1) is 5.92 Å². The Hall–Kier alpha value is -0.840. The van der Waals surface area contributed by atoms with E-state index in [1.54, 1.807) is 20.8 Å². The van der Waals surface area contributed by atoms with E-state index in [2.05, 4.69) is 4.74 Å². The maximum atomic E-state index is 13.2. The molecule has 90 valence electrons. The van der Waals surface area contributed by atoms with Crippen LogP contribution in [0.1, 0.15) is 33.6 Å². The molecule has 1 aliphatic rings. The molecular formula is C11H15FO3S. The van der Waals surface area contributed by atoms with E-state index in [0.29, 0.717) is 6.26 Å². The summed E-state index contributed by atoms with van der Waals surface area (Å²) >= 11 is 0.867. The third-order valence-electron chi connectivity index (χ3n) is 1.78. The standard InChI is InChI=1S/C11H15FO3S/c1-11(2,3)16-10(14)8(12)6-15-9(13)7-4-5-7/h6-7H,4-5H2,1-3H3/b8-6-. The lowest BCUT2D eigenvalue weighted by atomic mass is 10.3. The number of thioether (sulfide) groups is 1. The summed E-state index contributed by atoms with van der Waals surface area (Å²) in [6.07, 6.45) is 2.19. The van der Waals surface area contributed by atoms with Crippen LogP contribution >= 0.6 is 11.8 Å². The SMILES string of the molecule is CC(C)(C)SC(=O)/C(F)=C/OC(=O)C1CC1. The number of ether oxygens (including phenoxy) is 1. The van der Waals surface area contributed by atoms with Gasteiger partial charge in [-0.25, -0.2) is 0 Å². The minimum atomic E-state index is -1.02. The zero-order valence-corrected chi connectivity index (χ0v) is 10.4. The minimum Gasteiger partial charge on any atom is -0.431 e. The highest BCUT2D eigenvalue weighted by Gasteiger charge is 2.31. The molecule has 0 aromatic heterocycles. The number of esters is 1. The molecule has 0 aromatic rings. The number of hydrogen-bond donors (Lipinski definition) is 0. The molecule has 1 fully saturated rings. The summed E-state index contributed by atoms with van der Waals surface area (Å²) in [7, 11) is 0. The van der Waals surface area contributed by atoms with Gasteiger partial charge >= 0.3 is 5.97 Å². The van der Waals surface area contributed by atoms with Crippen LogP contribution in [0.4, 0.5) is 4.39 Å². The highest BCUT2D eigenvalue weighted by atomic mass is 32.2. The van der Waals surface area contributed by atoms with Crippen molar-refractivity contribution in [1.82, 2.24) is 0 Å². The fourth-order valence-electron chi connectivity index (χ4n) is 0.900. The second-order valence-corrected chi connectivity index (χ2v) is 6.48. The molecule has 0 heterocycles. The molecule has 0 unspecified atom stereocenters. The van der Waals surface area contributed by atoms with E-state index >= 15 is 0 Å². The van der Waals surface area contributed by atoms with Crippen molar-refractivity contribution in [1.29, 1.82) is 0 Å². The zero-order chi connectivity index (χ0) is 12.3. The number of hydrogen-bond acceptors (Lipinski definition) is 4. The lowest BCUT2D eigenvalue weighted by molar-refractivity contribution is -0.139. The Labute approximate surface area is 98.4 Å². The van der Waals surface area contributed by atoms with Gasteiger partial charge in [0.1, 0.15) is 6.26 Å². The molecule has 0 aliphatic heterocycles. The van der Waals surface area contributed by atoms with Crippen LogP contribution in [0.2, 0.25) is 0 Å². The molecular weight excluding hydrogens is 231 g/mol. The van der Waals surface area contributed by atoms with Crippen molar-refractivity contribution in [3.8, 4) is 0 Å². The molecule has 1 aliphatic carbocycles. The molecule has 1 rings (SSSR count). The van der Waals surface area contributed by atoms with E-state index in [9.17, 15) is 14.0 Å². The molecule has 0 atom stereocenters. The van der Waals surface area contributed by atoms with Gasteiger partial charge in [-0.05, 0) is 12.8 Å². The topological polar surface area (TPSA) is 43.4 Å². The van der Waals surface area contributed by atoms with E-state index in [1.807, 2.05) is 0 Å². The van der Waals surface area contributed by atoms with Gasteiger partial charge in [-0.2, -0.15) is 4.39 Å². The highest BCUT2D eigenvalue weighted by Crippen LogP contribution is 2.31. The van der Waals surface area contributed by atoms with Crippen LogP contribution in [0.25, 0.3) is 0 Å². The van der Waals surface area contributed by atoms with Crippen LogP contribution in [-0.4, -0.2) is 15.8 Å². The molecule has 0 spiro atoms. The quantitative estimate of drug-likeness (QED) is 0.436. The average Bonchev–Trinajstić information content (AvgIpc) is 2.93. The van der Waals surface area contributed by atoms with Crippen molar-refractivity contribution in [2.45, 2.75) is 38.4 Å². The third-order valence-corrected chi connectivity index (χ3v) is 2.78. The largest absolute Gasteiger partial charge is 0.431 e. The van der Waals surface area contributed by atoms with Crippen LogP contribution < -0.4 is 0 Å². The van der Waals surface area contributed by atoms with Crippen LogP contribution in [0.15, 0.2) is 12.1 Å². The molecule has 0 radical (unpaired) electrons. The predicted molar refractivity (Wildman–Crippen MR) is 60.4 cm³/mol. The summed E-state index contributed by atoms with van der Waals surface area (Å²) in [5.41, 5.74) is 0. The summed E-state index contributed by atoms with van der Waals surface area (Å²) in [6.45, 7) is 5.41. The lowest BCUT2D eigenvalue weighted by Gasteiger charge is -2.14.